The van der Waals surface area contributed by atoms with Crippen molar-refractivity contribution < 1.29 is 14.3 Å². The van der Waals surface area contributed by atoms with Gasteiger partial charge in [-0.1, -0.05) is 12.1 Å². The van der Waals surface area contributed by atoms with E-state index in [1.165, 1.54) is 0 Å². The first-order chi connectivity index (χ1) is 9.45. The minimum atomic E-state index is -0.478. The van der Waals surface area contributed by atoms with Crippen LogP contribution in [-0.4, -0.2) is 42.2 Å². The number of benzene rings is 1. The standard InChI is InChI=1S/C16H23NO3/c1-11-6-5-7-15(8-11)20-14(4)16(18)17-9-12(2)19-13(3)10-17/h5-8,12-14H,9-10H2,1-4H3. The van der Waals surface area contributed by atoms with Crippen LogP contribution in [0.2, 0.25) is 0 Å². The highest BCUT2D eigenvalue weighted by Gasteiger charge is 2.29. The van der Waals surface area contributed by atoms with Crippen LogP contribution in [0.5, 0.6) is 5.75 Å². The molecule has 0 N–H and O–H groups in total. The fourth-order valence-electron chi connectivity index (χ4n) is 2.56. The molecule has 0 radical (unpaired) electrons. The van der Waals surface area contributed by atoms with Crippen LogP contribution in [0.4, 0.5) is 0 Å². The van der Waals surface area contributed by atoms with E-state index in [0.717, 1.165) is 11.3 Å². The van der Waals surface area contributed by atoms with Crippen molar-refractivity contribution in [1.82, 2.24) is 4.90 Å². The molecule has 0 saturated carbocycles. The lowest BCUT2D eigenvalue weighted by molar-refractivity contribution is -0.149. The second kappa shape index (κ2) is 6.27. The Kier molecular flexibility index (Phi) is 4.65. The summed E-state index contributed by atoms with van der Waals surface area (Å²) >= 11 is 0. The third-order valence-corrected chi connectivity index (χ3v) is 3.38. The summed E-state index contributed by atoms with van der Waals surface area (Å²) in [6, 6.07) is 7.75. The van der Waals surface area contributed by atoms with E-state index in [9.17, 15) is 4.79 Å². The van der Waals surface area contributed by atoms with Gasteiger partial charge in [0, 0.05) is 13.1 Å². The molecule has 1 aliphatic rings. The fourth-order valence-corrected chi connectivity index (χ4v) is 2.56. The molecule has 1 fully saturated rings. The quantitative estimate of drug-likeness (QED) is 0.851. The van der Waals surface area contributed by atoms with Crippen LogP contribution in [0.3, 0.4) is 0 Å². The van der Waals surface area contributed by atoms with Gasteiger partial charge in [0.05, 0.1) is 12.2 Å². The number of hydrogen-bond acceptors (Lipinski definition) is 3. The highest BCUT2D eigenvalue weighted by Crippen LogP contribution is 2.17. The molecule has 3 atom stereocenters. The van der Waals surface area contributed by atoms with Crippen LogP contribution in [0, 0.1) is 6.92 Å². The molecule has 110 valence electrons. The van der Waals surface area contributed by atoms with E-state index in [4.69, 9.17) is 9.47 Å². The Hall–Kier alpha value is -1.55. The van der Waals surface area contributed by atoms with Crippen molar-refractivity contribution in [3.63, 3.8) is 0 Å². The van der Waals surface area contributed by atoms with Gasteiger partial charge in [0.25, 0.3) is 5.91 Å². The number of nitrogens with zero attached hydrogens (tertiary/aromatic N) is 1. The summed E-state index contributed by atoms with van der Waals surface area (Å²) in [5, 5.41) is 0. The van der Waals surface area contributed by atoms with Gasteiger partial charge < -0.3 is 14.4 Å². The van der Waals surface area contributed by atoms with Crippen molar-refractivity contribution in [2.45, 2.75) is 46.0 Å². The van der Waals surface area contributed by atoms with E-state index in [0.29, 0.717) is 13.1 Å². The molecule has 1 aliphatic heterocycles. The molecule has 0 spiro atoms. The molecule has 20 heavy (non-hydrogen) atoms. The summed E-state index contributed by atoms with van der Waals surface area (Å²) in [4.78, 5) is 14.3. The number of morpholine rings is 1. The smallest absolute Gasteiger partial charge is 0.263 e. The van der Waals surface area contributed by atoms with Gasteiger partial charge in [0.1, 0.15) is 5.75 Å². The molecular weight excluding hydrogens is 254 g/mol. The maximum atomic E-state index is 12.4. The normalized spacial score (nSPS) is 24.3. The molecule has 1 amide bonds. The minimum absolute atomic E-state index is 0.0218. The van der Waals surface area contributed by atoms with Crippen LogP contribution >= 0.6 is 0 Å². The molecule has 1 aromatic carbocycles. The van der Waals surface area contributed by atoms with Gasteiger partial charge in [0.15, 0.2) is 6.10 Å². The fraction of sp³-hybridized carbons (Fsp3) is 0.562. The van der Waals surface area contributed by atoms with Crippen molar-refractivity contribution in [2.24, 2.45) is 0 Å². The first-order valence-electron chi connectivity index (χ1n) is 7.13. The van der Waals surface area contributed by atoms with Crippen LogP contribution in [0.15, 0.2) is 24.3 Å². The van der Waals surface area contributed by atoms with E-state index in [-0.39, 0.29) is 18.1 Å². The van der Waals surface area contributed by atoms with E-state index in [1.807, 2.05) is 49.9 Å². The highest BCUT2D eigenvalue weighted by atomic mass is 16.5. The first kappa shape index (κ1) is 14.9. The maximum Gasteiger partial charge on any atom is 0.263 e. The lowest BCUT2D eigenvalue weighted by atomic mass is 10.2. The van der Waals surface area contributed by atoms with Crippen LogP contribution in [-0.2, 0) is 9.53 Å². The van der Waals surface area contributed by atoms with Gasteiger partial charge in [-0.25, -0.2) is 0 Å². The Morgan fingerprint density at radius 2 is 2.00 bits per heavy atom. The third-order valence-electron chi connectivity index (χ3n) is 3.38. The van der Waals surface area contributed by atoms with Crippen molar-refractivity contribution in [3.05, 3.63) is 29.8 Å². The van der Waals surface area contributed by atoms with Gasteiger partial charge in [-0.15, -0.1) is 0 Å². The van der Waals surface area contributed by atoms with Crippen molar-refractivity contribution in [2.75, 3.05) is 13.1 Å². The SMILES string of the molecule is Cc1cccc(OC(C)C(=O)N2CC(C)OC(C)C2)c1. The van der Waals surface area contributed by atoms with Crippen molar-refractivity contribution >= 4 is 5.91 Å². The number of hydrogen-bond donors (Lipinski definition) is 0. The second-order valence-electron chi connectivity index (χ2n) is 5.58. The zero-order valence-electron chi connectivity index (χ0n) is 12.6. The van der Waals surface area contributed by atoms with Crippen molar-refractivity contribution in [3.8, 4) is 5.75 Å². The summed E-state index contributed by atoms with van der Waals surface area (Å²) in [5.41, 5.74) is 1.12. The number of amides is 1. The predicted octanol–water partition coefficient (Wildman–Crippen LogP) is 2.40. The number of ether oxygens (including phenoxy) is 2. The van der Waals surface area contributed by atoms with Crippen LogP contribution in [0.25, 0.3) is 0 Å². The molecular formula is C16H23NO3. The van der Waals surface area contributed by atoms with E-state index < -0.39 is 6.10 Å². The van der Waals surface area contributed by atoms with Gasteiger partial charge in [-0.2, -0.15) is 0 Å². The molecule has 0 aliphatic carbocycles. The summed E-state index contributed by atoms with van der Waals surface area (Å²) < 4.78 is 11.4. The van der Waals surface area contributed by atoms with E-state index >= 15 is 0 Å². The van der Waals surface area contributed by atoms with E-state index in [2.05, 4.69) is 0 Å². The zero-order chi connectivity index (χ0) is 14.7. The molecule has 4 heteroatoms. The second-order valence-corrected chi connectivity index (χ2v) is 5.58. The lowest BCUT2D eigenvalue weighted by Gasteiger charge is -2.36. The third kappa shape index (κ3) is 3.73. The Morgan fingerprint density at radius 3 is 2.60 bits per heavy atom. The molecule has 1 saturated heterocycles. The van der Waals surface area contributed by atoms with Gasteiger partial charge in [-0.3, -0.25) is 4.79 Å². The summed E-state index contributed by atoms with van der Waals surface area (Å²) in [6.45, 7) is 9.04. The van der Waals surface area contributed by atoms with Crippen LogP contribution < -0.4 is 4.74 Å². The predicted molar refractivity (Wildman–Crippen MR) is 77.9 cm³/mol. The summed E-state index contributed by atoms with van der Waals surface area (Å²) in [7, 11) is 0. The van der Waals surface area contributed by atoms with Gasteiger partial charge in [-0.05, 0) is 45.4 Å². The molecule has 1 heterocycles. The van der Waals surface area contributed by atoms with Crippen molar-refractivity contribution in [1.29, 1.82) is 0 Å². The first-order valence-corrected chi connectivity index (χ1v) is 7.13. The average Bonchev–Trinajstić information content (AvgIpc) is 2.36. The lowest BCUT2D eigenvalue weighted by Crippen LogP contribution is -2.51. The number of rotatable bonds is 3. The topological polar surface area (TPSA) is 38.8 Å². The van der Waals surface area contributed by atoms with Crippen LogP contribution in [0.1, 0.15) is 26.3 Å². The Labute approximate surface area is 120 Å². The molecule has 1 aromatic rings. The molecule has 4 nitrogen and oxygen atoms in total. The Balaban J connectivity index is 1.98. The number of carbonyl (C=O) groups excluding carboxylic acids is 1. The van der Waals surface area contributed by atoms with Gasteiger partial charge >= 0.3 is 0 Å². The molecule has 0 aromatic heterocycles. The molecule has 2 rings (SSSR count). The highest BCUT2D eigenvalue weighted by molar-refractivity contribution is 5.81. The maximum absolute atomic E-state index is 12.4. The average molecular weight is 277 g/mol. The summed E-state index contributed by atoms with van der Waals surface area (Å²) in [5.74, 6) is 0.758. The zero-order valence-corrected chi connectivity index (χ0v) is 12.6. The van der Waals surface area contributed by atoms with E-state index in [1.54, 1.807) is 6.92 Å². The monoisotopic (exact) mass is 277 g/mol. The largest absolute Gasteiger partial charge is 0.481 e. The van der Waals surface area contributed by atoms with Gasteiger partial charge in [0.2, 0.25) is 0 Å². The summed E-state index contributed by atoms with van der Waals surface area (Å²) in [6.07, 6.45) is -0.322. The Bertz CT molecular complexity index is 465. The molecule has 0 bridgehead atoms. The number of aryl methyl sites for hydroxylation is 1. The Morgan fingerprint density at radius 1 is 1.35 bits per heavy atom. The number of carbonyl (C=O) groups is 1. The molecule has 3 unspecified atom stereocenters. The minimum Gasteiger partial charge on any atom is -0.481 e.